The second-order valence-electron chi connectivity index (χ2n) is 7.90. The summed E-state index contributed by atoms with van der Waals surface area (Å²) in [4.78, 5) is 7.04. The van der Waals surface area contributed by atoms with E-state index in [0.717, 1.165) is 44.0 Å². The summed E-state index contributed by atoms with van der Waals surface area (Å²) in [5, 5.41) is 6.73. The number of nitrogens with zero attached hydrogens (tertiary/aromatic N) is 3. The maximum Gasteiger partial charge on any atom is 0.243 e. The average molecular weight is 568 g/mol. The second kappa shape index (κ2) is 15.0. The van der Waals surface area contributed by atoms with Crippen LogP contribution in [0.1, 0.15) is 53.0 Å². The fraction of sp³-hybridized carbons (Fsp3) is 0.682. The first-order valence-corrected chi connectivity index (χ1v) is 12.4. The lowest BCUT2D eigenvalue weighted by atomic mass is 10.2. The largest absolute Gasteiger partial charge is 0.354 e. The van der Waals surface area contributed by atoms with Crippen molar-refractivity contribution in [1.82, 2.24) is 19.8 Å². The van der Waals surface area contributed by atoms with Crippen molar-refractivity contribution in [2.45, 2.75) is 71.0 Å². The van der Waals surface area contributed by atoms with E-state index in [-0.39, 0.29) is 30.0 Å². The zero-order valence-electron chi connectivity index (χ0n) is 20.2. The molecule has 0 radical (unpaired) electrons. The van der Waals surface area contributed by atoms with Gasteiger partial charge in [0, 0.05) is 32.7 Å². The lowest BCUT2D eigenvalue weighted by Gasteiger charge is -2.21. The molecule has 0 aliphatic rings. The van der Waals surface area contributed by atoms with Crippen molar-refractivity contribution in [1.29, 1.82) is 0 Å². The highest BCUT2D eigenvalue weighted by Crippen LogP contribution is 2.17. The van der Waals surface area contributed by atoms with Crippen LogP contribution in [0, 0.1) is 0 Å². The van der Waals surface area contributed by atoms with Crippen LogP contribution >= 0.6 is 24.0 Å². The molecule has 180 valence electrons. The summed E-state index contributed by atoms with van der Waals surface area (Å²) in [5.74, 6) is 0.751. The standard InChI is InChI=1S/C22H41N5O2S.HI/c1-8-27(9-2)16-10-11-19(5)25-22(23-6)24-17-20-12-14-21(15-13-20)30(28,29)26(7)18(3)4;/h12-15,18-19H,8-11,16-17H2,1-7H3,(H2,23,24,25);1H. The highest BCUT2D eigenvalue weighted by atomic mass is 127. The van der Waals surface area contributed by atoms with Gasteiger partial charge in [0.1, 0.15) is 0 Å². The van der Waals surface area contributed by atoms with Crippen LogP contribution in [0.2, 0.25) is 0 Å². The molecule has 1 unspecified atom stereocenters. The van der Waals surface area contributed by atoms with Crippen molar-refractivity contribution in [2.75, 3.05) is 33.7 Å². The molecule has 0 saturated heterocycles. The number of rotatable bonds is 12. The smallest absolute Gasteiger partial charge is 0.243 e. The lowest BCUT2D eigenvalue weighted by Crippen LogP contribution is -2.42. The maximum absolute atomic E-state index is 12.6. The Morgan fingerprint density at radius 1 is 1.10 bits per heavy atom. The molecular formula is C22H42IN5O2S. The first-order valence-electron chi connectivity index (χ1n) is 10.9. The first-order chi connectivity index (χ1) is 14.1. The van der Waals surface area contributed by atoms with Crippen molar-refractivity contribution < 1.29 is 8.42 Å². The molecule has 1 atom stereocenters. The summed E-state index contributed by atoms with van der Waals surface area (Å²) >= 11 is 0. The molecule has 31 heavy (non-hydrogen) atoms. The van der Waals surface area contributed by atoms with Crippen LogP contribution in [0.3, 0.4) is 0 Å². The van der Waals surface area contributed by atoms with Gasteiger partial charge in [-0.1, -0.05) is 26.0 Å². The molecule has 0 amide bonds. The second-order valence-corrected chi connectivity index (χ2v) is 9.90. The van der Waals surface area contributed by atoms with Crippen molar-refractivity contribution in [2.24, 2.45) is 4.99 Å². The van der Waals surface area contributed by atoms with Crippen LogP contribution in [-0.4, -0.2) is 69.4 Å². The molecular weight excluding hydrogens is 525 g/mol. The minimum absolute atomic E-state index is 0. The maximum atomic E-state index is 12.6. The van der Waals surface area contributed by atoms with Crippen LogP contribution in [-0.2, 0) is 16.6 Å². The van der Waals surface area contributed by atoms with E-state index in [9.17, 15) is 8.42 Å². The number of nitrogens with one attached hydrogen (secondary N) is 2. The third kappa shape index (κ3) is 10.0. The van der Waals surface area contributed by atoms with E-state index in [4.69, 9.17) is 0 Å². The molecule has 0 heterocycles. The molecule has 0 saturated carbocycles. The van der Waals surface area contributed by atoms with E-state index < -0.39 is 10.0 Å². The predicted molar refractivity (Wildman–Crippen MR) is 142 cm³/mol. The zero-order valence-corrected chi connectivity index (χ0v) is 23.3. The van der Waals surface area contributed by atoms with Gasteiger partial charge in [-0.25, -0.2) is 8.42 Å². The average Bonchev–Trinajstić information content (AvgIpc) is 2.73. The van der Waals surface area contributed by atoms with E-state index in [0.29, 0.717) is 17.5 Å². The summed E-state index contributed by atoms with van der Waals surface area (Å²) in [6.45, 7) is 14.2. The quantitative estimate of drug-likeness (QED) is 0.230. The number of halogens is 1. The summed E-state index contributed by atoms with van der Waals surface area (Å²) in [6, 6.07) is 7.25. The van der Waals surface area contributed by atoms with Gasteiger partial charge in [0.15, 0.2) is 5.96 Å². The zero-order chi connectivity index (χ0) is 22.7. The molecule has 0 fully saturated rings. The Bertz CT molecular complexity index is 750. The predicted octanol–water partition coefficient (Wildman–Crippen LogP) is 3.51. The van der Waals surface area contributed by atoms with Crippen LogP contribution in [0.4, 0.5) is 0 Å². The van der Waals surface area contributed by atoms with Crippen LogP contribution in [0.15, 0.2) is 34.2 Å². The fourth-order valence-corrected chi connectivity index (χ4v) is 4.44. The van der Waals surface area contributed by atoms with Gasteiger partial charge in [0.05, 0.1) is 4.90 Å². The van der Waals surface area contributed by atoms with Crippen molar-refractivity contribution in [3.05, 3.63) is 29.8 Å². The molecule has 0 bridgehead atoms. The van der Waals surface area contributed by atoms with Crippen LogP contribution < -0.4 is 10.6 Å². The molecule has 2 N–H and O–H groups in total. The lowest BCUT2D eigenvalue weighted by molar-refractivity contribution is 0.292. The summed E-state index contributed by atoms with van der Waals surface area (Å²) in [7, 11) is -0.0877. The minimum atomic E-state index is -3.45. The van der Waals surface area contributed by atoms with E-state index in [1.807, 2.05) is 26.0 Å². The molecule has 1 aromatic carbocycles. The SMILES string of the molecule is CCN(CC)CCCC(C)NC(=NC)NCc1ccc(S(=O)(=O)N(C)C(C)C)cc1.I. The normalized spacial score (nSPS) is 13.4. The topological polar surface area (TPSA) is 77.0 Å². The fourth-order valence-electron chi connectivity index (χ4n) is 3.07. The van der Waals surface area contributed by atoms with Gasteiger partial charge < -0.3 is 15.5 Å². The number of aliphatic imine (C=N–C) groups is 1. The van der Waals surface area contributed by atoms with Gasteiger partial charge in [0.25, 0.3) is 0 Å². The summed E-state index contributed by atoms with van der Waals surface area (Å²) < 4.78 is 26.5. The van der Waals surface area contributed by atoms with Gasteiger partial charge in [-0.3, -0.25) is 4.99 Å². The van der Waals surface area contributed by atoms with Gasteiger partial charge in [-0.2, -0.15) is 4.31 Å². The first kappa shape index (κ1) is 30.1. The Hall–Kier alpha value is -0.910. The Morgan fingerprint density at radius 2 is 1.68 bits per heavy atom. The third-order valence-corrected chi connectivity index (χ3v) is 7.45. The van der Waals surface area contributed by atoms with Crippen molar-refractivity contribution in [3.63, 3.8) is 0 Å². The highest BCUT2D eigenvalue weighted by molar-refractivity contribution is 14.0. The number of guanidine groups is 1. The molecule has 0 aromatic heterocycles. The van der Waals surface area contributed by atoms with Gasteiger partial charge in [0.2, 0.25) is 10.0 Å². The minimum Gasteiger partial charge on any atom is -0.354 e. The molecule has 0 aliphatic heterocycles. The number of sulfonamides is 1. The van der Waals surface area contributed by atoms with E-state index in [1.54, 1.807) is 26.2 Å². The van der Waals surface area contributed by atoms with Gasteiger partial charge in [-0.15, -0.1) is 24.0 Å². The van der Waals surface area contributed by atoms with Crippen molar-refractivity contribution in [3.8, 4) is 0 Å². The van der Waals surface area contributed by atoms with Gasteiger partial charge in [-0.05, 0) is 70.9 Å². The Labute approximate surface area is 207 Å². The van der Waals surface area contributed by atoms with E-state index >= 15 is 0 Å². The summed E-state index contributed by atoms with van der Waals surface area (Å²) in [6.07, 6.45) is 2.22. The highest BCUT2D eigenvalue weighted by Gasteiger charge is 2.22. The molecule has 1 aromatic rings. The number of hydrogen-bond donors (Lipinski definition) is 2. The summed E-state index contributed by atoms with van der Waals surface area (Å²) in [5.41, 5.74) is 0.998. The molecule has 1 rings (SSSR count). The Kier molecular flexibility index (Phi) is 14.6. The molecule has 9 heteroatoms. The van der Waals surface area contributed by atoms with Crippen LogP contribution in [0.25, 0.3) is 0 Å². The van der Waals surface area contributed by atoms with Crippen molar-refractivity contribution >= 4 is 40.0 Å². The van der Waals surface area contributed by atoms with E-state index in [2.05, 4.69) is 41.3 Å². The number of hydrogen-bond acceptors (Lipinski definition) is 4. The molecule has 0 aliphatic carbocycles. The van der Waals surface area contributed by atoms with Gasteiger partial charge >= 0.3 is 0 Å². The Morgan fingerprint density at radius 3 is 2.16 bits per heavy atom. The molecule has 0 spiro atoms. The Balaban J connectivity index is 0.00000900. The number of benzene rings is 1. The molecule has 7 nitrogen and oxygen atoms in total. The third-order valence-electron chi connectivity index (χ3n) is 5.40. The van der Waals surface area contributed by atoms with E-state index in [1.165, 1.54) is 4.31 Å². The van der Waals surface area contributed by atoms with Crippen LogP contribution in [0.5, 0.6) is 0 Å². The monoisotopic (exact) mass is 567 g/mol.